The monoisotopic (exact) mass is 601 g/mol. The number of amides is 2. The second-order valence-electron chi connectivity index (χ2n) is 9.48. The Balaban J connectivity index is 2.08. The molecule has 0 radical (unpaired) electrons. The number of sulfonamides is 1. The molecule has 220 valence electrons. The van der Waals surface area contributed by atoms with Gasteiger partial charge in [-0.1, -0.05) is 48.4 Å². The minimum Gasteiger partial charge on any atom is -0.493 e. The van der Waals surface area contributed by atoms with Crippen LogP contribution in [0.2, 0.25) is 5.02 Å². The Morgan fingerprint density at radius 3 is 2.27 bits per heavy atom. The smallest absolute Gasteiger partial charge is 0.264 e. The van der Waals surface area contributed by atoms with E-state index in [1.165, 1.54) is 37.3 Å². The van der Waals surface area contributed by atoms with Crippen LogP contribution in [-0.2, 0) is 26.2 Å². The maximum Gasteiger partial charge on any atom is 0.264 e. The number of methoxy groups -OCH3 is 2. The molecule has 41 heavy (non-hydrogen) atoms. The molecule has 1 atom stereocenters. The van der Waals surface area contributed by atoms with Crippen molar-refractivity contribution in [2.45, 2.75) is 44.7 Å². The van der Waals surface area contributed by atoms with E-state index in [0.29, 0.717) is 28.6 Å². The molecule has 0 unspecified atom stereocenters. The Labute approximate surface area is 247 Å². The molecule has 11 heteroatoms. The lowest BCUT2D eigenvalue weighted by Crippen LogP contribution is -2.51. The molecule has 0 saturated heterocycles. The van der Waals surface area contributed by atoms with Gasteiger partial charge in [0.2, 0.25) is 11.8 Å². The first-order chi connectivity index (χ1) is 19.5. The van der Waals surface area contributed by atoms with Crippen LogP contribution in [0, 0.1) is 6.92 Å². The van der Waals surface area contributed by atoms with Gasteiger partial charge < -0.3 is 19.7 Å². The largest absolute Gasteiger partial charge is 0.493 e. The third-order valence-electron chi connectivity index (χ3n) is 6.50. The van der Waals surface area contributed by atoms with Crippen LogP contribution in [0.4, 0.5) is 5.69 Å². The number of hydrogen-bond acceptors (Lipinski definition) is 6. The maximum atomic E-state index is 14.0. The molecule has 1 N–H and O–H groups in total. The van der Waals surface area contributed by atoms with Crippen molar-refractivity contribution in [2.24, 2.45) is 0 Å². The third kappa shape index (κ3) is 7.92. The fourth-order valence-corrected chi connectivity index (χ4v) is 5.78. The van der Waals surface area contributed by atoms with Gasteiger partial charge in [-0.2, -0.15) is 0 Å². The highest BCUT2D eigenvalue weighted by Gasteiger charge is 2.33. The summed E-state index contributed by atoms with van der Waals surface area (Å²) in [4.78, 5) is 28.3. The van der Waals surface area contributed by atoms with Gasteiger partial charge in [0.1, 0.15) is 12.6 Å². The molecule has 0 bridgehead atoms. The van der Waals surface area contributed by atoms with Crippen molar-refractivity contribution in [3.8, 4) is 11.5 Å². The average molecular weight is 602 g/mol. The summed E-state index contributed by atoms with van der Waals surface area (Å²) in [5.41, 5.74) is 1.78. The molecule has 3 rings (SSSR count). The van der Waals surface area contributed by atoms with Crippen LogP contribution in [0.15, 0.2) is 71.6 Å². The average Bonchev–Trinajstić information content (AvgIpc) is 2.96. The Hall–Kier alpha value is -3.76. The van der Waals surface area contributed by atoms with E-state index in [1.807, 2.05) is 13.8 Å². The molecule has 0 aromatic heterocycles. The van der Waals surface area contributed by atoms with Crippen LogP contribution in [-0.4, -0.2) is 58.5 Å². The predicted molar refractivity (Wildman–Crippen MR) is 160 cm³/mol. The minimum absolute atomic E-state index is 0.0146. The zero-order valence-electron chi connectivity index (χ0n) is 23.9. The van der Waals surface area contributed by atoms with Gasteiger partial charge in [0, 0.05) is 24.2 Å². The van der Waals surface area contributed by atoms with Crippen molar-refractivity contribution >= 4 is 39.1 Å². The number of aryl methyl sites for hydroxylation is 1. The summed E-state index contributed by atoms with van der Waals surface area (Å²) < 4.78 is 39.7. The molecule has 3 aromatic rings. The van der Waals surface area contributed by atoms with E-state index in [4.69, 9.17) is 21.1 Å². The SMILES string of the molecule is CCCNC(=O)[C@@H](C)N(Cc1cccc(Cl)c1)C(=O)CN(c1ccc(OC)c(OC)c1)S(=O)(=O)c1ccc(C)cc1. The lowest BCUT2D eigenvalue weighted by molar-refractivity contribution is -0.139. The van der Waals surface area contributed by atoms with Crippen molar-refractivity contribution in [1.29, 1.82) is 0 Å². The number of anilines is 1. The molecule has 0 aliphatic rings. The molecule has 0 heterocycles. The van der Waals surface area contributed by atoms with E-state index < -0.39 is 28.5 Å². The van der Waals surface area contributed by atoms with Crippen LogP contribution in [0.25, 0.3) is 0 Å². The number of nitrogens with zero attached hydrogens (tertiary/aromatic N) is 2. The van der Waals surface area contributed by atoms with Gasteiger partial charge in [-0.05, 0) is 62.2 Å². The molecule has 3 aromatic carbocycles. The van der Waals surface area contributed by atoms with E-state index in [-0.39, 0.29) is 23.0 Å². The minimum atomic E-state index is -4.22. The number of carbonyl (C=O) groups excluding carboxylic acids is 2. The quantitative estimate of drug-likeness (QED) is 0.302. The molecule has 0 aliphatic carbocycles. The van der Waals surface area contributed by atoms with E-state index in [9.17, 15) is 18.0 Å². The predicted octanol–water partition coefficient (Wildman–Crippen LogP) is 4.80. The first-order valence-corrected chi connectivity index (χ1v) is 15.0. The summed E-state index contributed by atoms with van der Waals surface area (Å²) in [6.07, 6.45) is 0.725. The normalized spacial score (nSPS) is 11.9. The van der Waals surface area contributed by atoms with Crippen molar-refractivity contribution in [3.63, 3.8) is 0 Å². The third-order valence-corrected chi connectivity index (χ3v) is 8.52. The molecule has 0 aliphatic heterocycles. The Kier molecular flexibility index (Phi) is 11.0. The Morgan fingerprint density at radius 1 is 0.976 bits per heavy atom. The van der Waals surface area contributed by atoms with Crippen LogP contribution < -0.4 is 19.1 Å². The van der Waals surface area contributed by atoms with E-state index >= 15 is 0 Å². The zero-order chi connectivity index (χ0) is 30.2. The van der Waals surface area contributed by atoms with Crippen molar-refractivity contribution < 1.29 is 27.5 Å². The first-order valence-electron chi connectivity index (χ1n) is 13.1. The summed E-state index contributed by atoms with van der Waals surface area (Å²) in [6, 6.07) is 17.0. The molecule has 0 saturated carbocycles. The van der Waals surface area contributed by atoms with Crippen LogP contribution in [0.1, 0.15) is 31.4 Å². The second-order valence-corrected chi connectivity index (χ2v) is 11.8. The number of rotatable bonds is 13. The van der Waals surface area contributed by atoms with Crippen LogP contribution >= 0.6 is 11.6 Å². The molecular weight excluding hydrogens is 566 g/mol. The first kappa shape index (κ1) is 31.8. The van der Waals surface area contributed by atoms with Crippen molar-refractivity contribution in [2.75, 3.05) is 31.6 Å². The summed E-state index contributed by atoms with van der Waals surface area (Å²) in [6.45, 7) is 5.31. The molecule has 0 spiro atoms. The van der Waals surface area contributed by atoms with E-state index in [0.717, 1.165) is 16.3 Å². The summed E-state index contributed by atoms with van der Waals surface area (Å²) >= 11 is 6.18. The number of benzene rings is 3. The van der Waals surface area contributed by atoms with Crippen LogP contribution in [0.5, 0.6) is 11.5 Å². The Morgan fingerprint density at radius 2 is 1.66 bits per heavy atom. The summed E-state index contributed by atoms with van der Waals surface area (Å²) in [7, 11) is -1.30. The van der Waals surface area contributed by atoms with E-state index in [1.54, 1.807) is 55.5 Å². The van der Waals surface area contributed by atoms with Gasteiger partial charge in [-0.3, -0.25) is 13.9 Å². The lowest BCUT2D eigenvalue weighted by atomic mass is 10.1. The van der Waals surface area contributed by atoms with E-state index in [2.05, 4.69) is 5.32 Å². The summed E-state index contributed by atoms with van der Waals surface area (Å²) in [5, 5.41) is 3.30. The van der Waals surface area contributed by atoms with Crippen molar-refractivity contribution in [1.82, 2.24) is 10.2 Å². The number of carbonyl (C=O) groups is 2. The standard InChI is InChI=1S/C30H36ClN3O6S/c1-6-16-32-30(36)22(3)33(19-23-8-7-9-24(31)17-23)29(35)20-34(25-12-15-27(39-4)28(18-25)40-5)41(37,38)26-13-10-21(2)11-14-26/h7-15,17-18,22H,6,16,19-20H2,1-5H3,(H,32,36)/t22-/m1/s1. The molecular formula is C30H36ClN3O6S. The zero-order valence-corrected chi connectivity index (χ0v) is 25.5. The second kappa shape index (κ2) is 14.2. The van der Waals surface area contributed by atoms with Gasteiger partial charge in [-0.25, -0.2) is 8.42 Å². The van der Waals surface area contributed by atoms with Gasteiger partial charge in [0.25, 0.3) is 10.0 Å². The van der Waals surface area contributed by atoms with Crippen molar-refractivity contribution in [3.05, 3.63) is 82.9 Å². The highest BCUT2D eigenvalue weighted by atomic mass is 35.5. The van der Waals surface area contributed by atoms with Gasteiger partial charge in [-0.15, -0.1) is 0 Å². The highest BCUT2D eigenvalue weighted by Crippen LogP contribution is 2.34. The molecule has 2 amide bonds. The lowest BCUT2D eigenvalue weighted by Gasteiger charge is -2.32. The fraction of sp³-hybridized carbons (Fsp3) is 0.333. The van der Waals surface area contributed by atoms with Gasteiger partial charge in [0.05, 0.1) is 24.8 Å². The summed E-state index contributed by atoms with van der Waals surface area (Å²) in [5.74, 6) is -0.223. The number of halogens is 1. The van der Waals surface area contributed by atoms with Crippen LogP contribution in [0.3, 0.4) is 0 Å². The fourth-order valence-electron chi connectivity index (χ4n) is 4.16. The molecule has 0 fully saturated rings. The van der Waals surface area contributed by atoms with Gasteiger partial charge >= 0.3 is 0 Å². The molecule has 9 nitrogen and oxygen atoms in total. The number of hydrogen-bond donors (Lipinski definition) is 1. The topological polar surface area (TPSA) is 105 Å². The maximum absolute atomic E-state index is 14.0. The van der Waals surface area contributed by atoms with Gasteiger partial charge in [0.15, 0.2) is 11.5 Å². The number of nitrogens with one attached hydrogen (secondary N) is 1. The highest BCUT2D eigenvalue weighted by molar-refractivity contribution is 7.92. The Bertz CT molecular complexity index is 1460. The number of ether oxygens (including phenoxy) is 2.